The van der Waals surface area contributed by atoms with Gasteiger partial charge >= 0.3 is 0 Å². The molecule has 3 rings (SSSR count). The summed E-state index contributed by atoms with van der Waals surface area (Å²) >= 11 is 0. The zero-order valence-corrected chi connectivity index (χ0v) is 12.8. The second-order valence-corrected chi connectivity index (χ2v) is 7.40. The molecule has 7 heteroatoms. The first-order valence-corrected chi connectivity index (χ1v) is 8.92. The number of para-hydroxylation sites is 1. The normalized spacial score (nSPS) is 23.9. The number of primary sulfonamides is 1. The molecule has 1 aromatic carbocycles. The van der Waals surface area contributed by atoms with Crippen molar-refractivity contribution in [3.8, 4) is 0 Å². The van der Waals surface area contributed by atoms with Gasteiger partial charge in [-0.15, -0.1) is 0 Å². The third-order valence-electron chi connectivity index (χ3n) is 4.49. The van der Waals surface area contributed by atoms with Crippen LogP contribution >= 0.6 is 0 Å². The molecule has 0 amide bonds. The number of sulfonamides is 1. The lowest BCUT2D eigenvalue weighted by molar-refractivity contribution is 0.273. The van der Waals surface area contributed by atoms with Crippen molar-refractivity contribution in [3.05, 3.63) is 18.2 Å². The smallest absolute Gasteiger partial charge is 0.240 e. The summed E-state index contributed by atoms with van der Waals surface area (Å²) < 4.78 is 23.2. The van der Waals surface area contributed by atoms with E-state index in [0.29, 0.717) is 6.04 Å². The zero-order valence-electron chi connectivity index (χ0n) is 12.0. The van der Waals surface area contributed by atoms with Gasteiger partial charge in [0.2, 0.25) is 10.0 Å². The van der Waals surface area contributed by atoms with Crippen molar-refractivity contribution in [2.45, 2.75) is 30.2 Å². The van der Waals surface area contributed by atoms with Crippen molar-refractivity contribution in [1.29, 1.82) is 0 Å². The number of nitrogens with two attached hydrogens (primary N) is 2. The van der Waals surface area contributed by atoms with Crippen LogP contribution in [0.25, 0.3) is 0 Å². The molecule has 0 spiro atoms. The molecule has 2 fully saturated rings. The van der Waals surface area contributed by atoms with E-state index in [1.807, 2.05) is 6.07 Å². The molecule has 1 aromatic rings. The molecule has 4 N–H and O–H groups in total. The van der Waals surface area contributed by atoms with Crippen molar-refractivity contribution in [2.75, 3.05) is 36.8 Å². The number of rotatable bonds is 2. The molecule has 0 bridgehead atoms. The Balaban J connectivity index is 1.93. The number of nitrogens with zero attached hydrogens (tertiary/aromatic N) is 2. The van der Waals surface area contributed by atoms with Gasteiger partial charge in [-0.05, 0) is 37.9 Å². The highest BCUT2D eigenvalue weighted by atomic mass is 32.2. The van der Waals surface area contributed by atoms with Gasteiger partial charge < -0.3 is 10.6 Å². The Morgan fingerprint density at radius 1 is 1.14 bits per heavy atom. The summed E-state index contributed by atoms with van der Waals surface area (Å²) in [5.74, 6) is 0. The van der Waals surface area contributed by atoms with E-state index in [9.17, 15) is 8.42 Å². The maximum atomic E-state index is 11.6. The molecule has 116 valence electrons. The molecule has 2 aliphatic heterocycles. The Labute approximate surface area is 125 Å². The van der Waals surface area contributed by atoms with Gasteiger partial charge in [0.25, 0.3) is 0 Å². The number of anilines is 2. The van der Waals surface area contributed by atoms with Crippen LogP contribution < -0.4 is 15.8 Å². The summed E-state index contributed by atoms with van der Waals surface area (Å²) in [6.45, 7) is 4.07. The van der Waals surface area contributed by atoms with Crippen LogP contribution in [0.2, 0.25) is 0 Å². The Bertz CT molecular complexity index is 632. The molecule has 0 aliphatic carbocycles. The van der Waals surface area contributed by atoms with Crippen LogP contribution in [-0.4, -0.2) is 45.5 Å². The minimum atomic E-state index is -3.78. The van der Waals surface area contributed by atoms with Crippen LogP contribution in [0.5, 0.6) is 0 Å². The molecule has 0 aromatic heterocycles. The monoisotopic (exact) mass is 310 g/mol. The van der Waals surface area contributed by atoms with E-state index in [4.69, 9.17) is 10.9 Å². The molecule has 2 aliphatic rings. The maximum absolute atomic E-state index is 11.6. The van der Waals surface area contributed by atoms with Gasteiger partial charge in [-0.1, -0.05) is 6.07 Å². The van der Waals surface area contributed by atoms with Crippen LogP contribution in [-0.2, 0) is 10.0 Å². The second kappa shape index (κ2) is 5.47. The number of hydrogen-bond donors (Lipinski definition) is 2. The van der Waals surface area contributed by atoms with Crippen molar-refractivity contribution >= 4 is 21.4 Å². The van der Waals surface area contributed by atoms with Gasteiger partial charge in [-0.3, -0.25) is 4.90 Å². The number of hydrogen-bond acceptors (Lipinski definition) is 5. The Kier molecular flexibility index (Phi) is 3.81. The fourth-order valence-electron chi connectivity index (χ4n) is 3.48. The van der Waals surface area contributed by atoms with Crippen LogP contribution in [0.15, 0.2) is 23.1 Å². The first kappa shape index (κ1) is 14.6. The lowest BCUT2D eigenvalue weighted by atomic mass is 10.2. The summed E-state index contributed by atoms with van der Waals surface area (Å²) in [4.78, 5) is 4.76. The summed E-state index contributed by atoms with van der Waals surface area (Å²) in [6, 6.07) is 5.61. The first-order chi connectivity index (χ1) is 9.97. The molecule has 0 saturated carbocycles. The van der Waals surface area contributed by atoms with Crippen molar-refractivity contribution in [3.63, 3.8) is 0 Å². The number of benzene rings is 1. The first-order valence-electron chi connectivity index (χ1n) is 7.37. The lowest BCUT2D eigenvalue weighted by Gasteiger charge is -2.28. The average molecular weight is 310 g/mol. The molecule has 2 saturated heterocycles. The highest BCUT2D eigenvalue weighted by molar-refractivity contribution is 7.89. The van der Waals surface area contributed by atoms with Crippen molar-refractivity contribution in [1.82, 2.24) is 4.90 Å². The third kappa shape index (κ3) is 2.86. The predicted molar refractivity (Wildman–Crippen MR) is 83.7 cm³/mol. The quantitative estimate of drug-likeness (QED) is 0.780. The minimum Gasteiger partial charge on any atom is -0.396 e. The van der Waals surface area contributed by atoms with E-state index in [1.165, 1.54) is 25.5 Å². The molecule has 21 heavy (non-hydrogen) atoms. The molecular formula is C14H22N4O2S. The van der Waals surface area contributed by atoms with Gasteiger partial charge in [-0.2, -0.15) is 0 Å². The molecule has 2 heterocycles. The fraction of sp³-hybridized carbons (Fsp3) is 0.571. The van der Waals surface area contributed by atoms with Crippen LogP contribution in [0.3, 0.4) is 0 Å². The van der Waals surface area contributed by atoms with Gasteiger partial charge in [0.05, 0.1) is 11.4 Å². The van der Waals surface area contributed by atoms with E-state index in [1.54, 1.807) is 6.07 Å². The summed E-state index contributed by atoms with van der Waals surface area (Å²) in [5.41, 5.74) is 7.13. The Morgan fingerprint density at radius 2 is 1.90 bits per heavy atom. The van der Waals surface area contributed by atoms with E-state index in [0.717, 1.165) is 31.7 Å². The summed E-state index contributed by atoms with van der Waals surface area (Å²) in [5, 5.41) is 5.24. The fourth-order valence-corrected chi connectivity index (χ4v) is 4.16. The average Bonchev–Trinajstić information content (AvgIpc) is 2.75. The number of nitrogen functional groups attached to an aromatic ring is 1. The lowest BCUT2D eigenvalue weighted by Crippen LogP contribution is -2.37. The third-order valence-corrected chi connectivity index (χ3v) is 5.46. The Morgan fingerprint density at radius 3 is 2.67 bits per heavy atom. The zero-order chi connectivity index (χ0) is 15.0. The van der Waals surface area contributed by atoms with Gasteiger partial charge in [0.15, 0.2) is 0 Å². The van der Waals surface area contributed by atoms with Gasteiger partial charge in [-0.25, -0.2) is 13.6 Å². The topological polar surface area (TPSA) is 92.7 Å². The molecule has 1 atom stereocenters. The van der Waals surface area contributed by atoms with Crippen LogP contribution in [0.1, 0.15) is 19.3 Å². The second-order valence-electron chi connectivity index (χ2n) is 5.87. The summed E-state index contributed by atoms with van der Waals surface area (Å²) in [7, 11) is -3.78. The summed E-state index contributed by atoms with van der Waals surface area (Å²) in [6.07, 6.45) is 3.51. The highest BCUT2D eigenvalue weighted by Crippen LogP contribution is 2.32. The highest BCUT2D eigenvalue weighted by Gasteiger charge is 2.30. The number of fused-ring (bicyclic) bond motifs is 1. The van der Waals surface area contributed by atoms with Gasteiger partial charge in [0, 0.05) is 25.7 Å². The largest absolute Gasteiger partial charge is 0.396 e. The standard InChI is InChI=1S/C14H22N4O2S/c15-14-12(5-1-6-13(14)21(16,19)20)18-9-3-8-17-7-2-4-11(17)10-18/h1,5-6,11H,2-4,7-10,15H2,(H2,16,19,20). The van der Waals surface area contributed by atoms with E-state index >= 15 is 0 Å². The van der Waals surface area contributed by atoms with E-state index < -0.39 is 10.0 Å². The molecular weight excluding hydrogens is 288 g/mol. The van der Waals surface area contributed by atoms with Gasteiger partial charge in [0.1, 0.15) is 4.90 Å². The molecule has 0 radical (unpaired) electrons. The molecule has 1 unspecified atom stereocenters. The molecule has 6 nitrogen and oxygen atoms in total. The minimum absolute atomic E-state index is 0.0209. The van der Waals surface area contributed by atoms with E-state index in [-0.39, 0.29) is 10.6 Å². The van der Waals surface area contributed by atoms with E-state index in [2.05, 4.69) is 9.80 Å². The predicted octanol–water partition coefficient (Wildman–Crippen LogP) is 0.591. The van der Waals surface area contributed by atoms with Crippen molar-refractivity contribution < 1.29 is 8.42 Å². The Hall–Kier alpha value is -1.31. The van der Waals surface area contributed by atoms with Crippen LogP contribution in [0.4, 0.5) is 11.4 Å². The SMILES string of the molecule is Nc1c(N2CCCN3CCCC3C2)cccc1S(N)(=O)=O. The maximum Gasteiger partial charge on any atom is 0.240 e. The van der Waals surface area contributed by atoms with Crippen molar-refractivity contribution in [2.24, 2.45) is 5.14 Å². The van der Waals surface area contributed by atoms with Crippen LogP contribution in [0, 0.1) is 0 Å².